The normalized spacial score (nSPS) is 11.1. The molecule has 24 nitrogen and oxygen atoms in total. The van der Waals surface area contributed by atoms with E-state index in [-0.39, 0.29) is 365 Å². The molecular weight excluding hydrogens is 1100 g/mol. The van der Waals surface area contributed by atoms with E-state index in [9.17, 15) is 30.2 Å². The molecule has 0 saturated carbocycles. The second-order valence-corrected chi connectivity index (χ2v) is 17.3. The fourth-order valence-electron chi connectivity index (χ4n) is 6.31. The number of thiol groups is 1. The van der Waals surface area contributed by atoms with E-state index in [0.29, 0.717) is 0 Å². The van der Waals surface area contributed by atoms with E-state index < -0.39 is 28.8 Å². The number of nitriles is 1. The largest absolute Gasteiger partial charge is 1.00 e. The van der Waals surface area contributed by atoms with Crippen molar-refractivity contribution < 1.29 is 282 Å². The number of carbonyl (C=O) groups excluding carboxylic acids is 2. The van der Waals surface area contributed by atoms with E-state index in [0.717, 1.165) is 21.1 Å². The summed E-state index contributed by atoms with van der Waals surface area (Å²) < 4.78 is 4.56. The fourth-order valence-corrected chi connectivity index (χ4v) is 7.03. The molecule has 0 atom stereocenters. The molecule has 5 aromatic heterocycles. The molecule has 7 aromatic rings. The number of hydrogen-bond acceptors (Lipinski definition) is 21. The van der Waals surface area contributed by atoms with Gasteiger partial charge in [-0.15, -0.1) is 55.5 Å². The number of aromatic nitrogens is 11. The van der Waals surface area contributed by atoms with Crippen LogP contribution in [0.25, 0.3) is 28.1 Å². The number of carboxylic acid groups (broad SMARTS) is 2. The number of azo groups is 2. The van der Waals surface area contributed by atoms with E-state index in [1.165, 1.54) is 45.8 Å². The summed E-state index contributed by atoms with van der Waals surface area (Å²) in [4.78, 5) is 39.4. The van der Waals surface area contributed by atoms with Gasteiger partial charge < -0.3 is 36.4 Å². The number of nitrogen functional groups attached to an aromatic ring is 2. The number of aromatic carboxylic acids is 2. The first-order valence-corrected chi connectivity index (χ1v) is 21.2. The minimum absolute atomic E-state index is 0. The molecule has 0 radical (unpaired) electrons. The molecule has 2 aromatic carbocycles. The number of benzene rings is 2. The van der Waals surface area contributed by atoms with Crippen molar-refractivity contribution in [2.24, 2.45) is 20.5 Å². The van der Waals surface area contributed by atoms with Crippen LogP contribution in [0.15, 0.2) is 61.9 Å². The molecule has 0 aliphatic rings. The molecule has 0 fully saturated rings. The van der Waals surface area contributed by atoms with E-state index in [1.807, 2.05) is 47.6 Å². The number of rotatable bonds is 12. The third-order valence-electron chi connectivity index (χ3n) is 9.48. The van der Waals surface area contributed by atoms with Gasteiger partial charge in [0.05, 0.1) is 29.7 Å². The molecule has 0 aliphatic carbocycles. The molecule has 0 saturated heterocycles. The van der Waals surface area contributed by atoms with Crippen molar-refractivity contribution in [1.29, 1.82) is 5.26 Å². The van der Waals surface area contributed by atoms with Crippen LogP contribution < -0.4 is 284 Å². The van der Waals surface area contributed by atoms with Gasteiger partial charge in [0.15, 0.2) is 34.6 Å². The molecule has 72 heavy (non-hydrogen) atoms. The molecule has 0 unspecified atom stereocenters. The predicted molar refractivity (Wildman–Crippen MR) is 237 cm³/mol. The van der Waals surface area contributed by atoms with E-state index in [1.54, 1.807) is 6.26 Å². The second kappa shape index (κ2) is 28.5. The molecular formula is C41H34K5N19O5S2. The van der Waals surface area contributed by atoms with Crippen molar-refractivity contribution in [1.82, 2.24) is 54.1 Å². The number of hydrogen-bond donors (Lipinski definition) is 3. The van der Waals surface area contributed by atoms with Gasteiger partial charge in [-0.3, -0.25) is 9.36 Å². The molecule has 0 aliphatic heterocycles. The molecule has 0 amide bonds. The van der Waals surface area contributed by atoms with Crippen LogP contribution in [0.5, 0.6) is 6.01 Å². The number of nitrogens with zero attached hydrogens (tertiary/aromatic N) is 17. The first kappa shape index (κ1) is 67.8. The third-order valence-corrected chi connectivity index (χ3v) is 10.4. The van der Waals surface area contributed by atoms with Crippen LogP contribution in [0.3, 0.4) is 0 Å². The molecule has 340 valence electrons. The molecule has 4 N–H and O–H groups in total. The van der Waals surface area contributed by atoms with Crippen molar-refractivity contribution in [3.8, 4) is 35.4 Å². The van der Waals surface area contributed by atoms with Gasteiger partial charge in [0.25, 0.3) is 17.6 Å². The van der Waals surface area contributed by atoms with Crippen molar-refractivity contribution in [3.05, 3.63) is 93.7 Å². The van der Waals surface area contributed by atoms with Crippen molar-refractivity contribution in [2.75, 3.05) is 17.7 Å². The maximum Gasteiger partial charge on any atom is 1.00 e. The third kappa shape index (κ3) is 14.7. The van der Waals surface area contributed by atoms with Gasteiger partial charge in [0.2, 0.25) is 0 Å². The summed E-state index contributed by atoms with van der Waals surface area (Å²) >= 11 is 5.46. The van der Waals surface area contributed by atoms with Gasteiger partial charge in [-0.2, -0.15) is 89.0 Å². The Balaban J connectivity index is 0.00000355. The average Bonchev–Trinajstić information content (AvgIpc) is 4.03. The Morgan fingerprint density at radius 1 is 0.750 bits per heavy atom. The van der Waals surface area contributed by atoms with Crippen LogP contribution in [0.1, 0.15) is 84.9 Å². The first-order chi connectivity index (χ1) is 31.7. The molecule has 0 bridgehead atoms. The summed E-state index contributed by atoms with van der Waals surface area (Å²) in [5.74, 6) is -4.13. The molecule has 31 heteroatoms. The Bertz CT molecular complexity index is 3100. The minimum Gasteiger partial charge on any atom is -0.844 e. The molecule has 5 heterocycles. The van der Waals surface area contributed by atoms with Crippen LogP contribution in [0.2, 0.25) is 0 Å². The van der Waals surface area contributed by atoms with Crippen LogP contribution in [-0.4, -0.2) is 72.3 Å². The maximum absolute atomic E-state index is 13.3. The number of carbonyl (C=O) groups is 2. The second-order valence-electron chi connectivity index (χ2n) is 16.2. The van der Waals surface area contributed by atoms with Gasteiger partial charge in [0.1, 0.15) is 16.7 Å². The summed E-state index contributed by atoms with van der Waals surface area (Å²) in [6.45, 7) is 18.8. The number of anilines is 2. The smallest absolute Gasteiger partial charge is 0.844 e. The van der Waals surface area contributed by atoms with Crippen molar-refractivity contribution in [2.45, 2.75) is 63.2 Å². The number of thioether (sulfide) groups is 1. The molecule has 0 spiro atoms. The Morgan fingerprint density at radius 3 is 1.58 bits per heavy atom. The fraction of sp³-hybridized carbons (Fsp3) is 0.244. The van der Waals surface area contributed by atoms with Gasteiger partial charge >= 0.3 is 257 Å². The Morgan fingerprint density at radius 2 is 1.19 bits per heavy atom. The zero-order valence-corrected chi connectivity index (χ0v) is 58.7. The average molecular weight is 1130 g/mol. The standard InChI is InChI=1S/C41H37N19O5S2.5K/c1-40(2,3)28-25(49-51-32-23(17-42)24(18-66)53-57(32)21-13-9-11-19(15-21)35(61)62)30(43)59(54-28)37-46-38(48-39(65)47-37)60-31(44)26(29(55-60)41(4,5)6)50-52-33-27(45-7)34(67-8)56-58(33)22-14-10-12-20(16-22)36(63)64;;;;;/h11-16,66H,18,43-44H2,1-6,8H3,(H,61,62)(H,63,64)(H,46,47,48,65);;;;;/q-2;5*+1/p-3. The molecule has 7 rings (SSSR count). The van der Waals surface area contributed by atoms with Crippen LogP contribution >= 0.6 is 24.4 Å². The quantitative estimate of drug-likeness (QED) is 0.0336. The Labute approximate surface area is 634 Å². The maximum atomic E-state index is 13.3. The monoisotopic (exact) mass is 1130 g/mol. The number of carboxylic acids is 2. The van der Waals surface area contributed by atoms with Crippen molar-refractivity contribution in [3.63, 3.8) is 0 Å². The van der Waals surface area contributed by atoms with Crippen LogP contribution in [0.4, 0.5) is 40.3 Å². The minimum atomic E-state index is -1.46. The summed E-state index contributed by atoms with van der Waals surface area (Å²) in [6, 6.07) is 14.3. The first-order valence-electron chi connectivity index (χ1n) is 19.4. The summed E-state index contributed by atoms with van der Waals surface area (Å²) in [6.07, 6.45) is 1.71. The van der Waals surface area contributed by atoms with Crippen molar-refractivity contribution >= 4 is 76.7 Å². The predicted octanol–water partition coefficient (Wildman–Crippen LogP) is -10.8. The Hall–Kier alpha value is -0.308. The summed E-state index contributed by atoms with van der Waals surface area (Å²) in [5.41, 5.74) is 12.6. The van der Waals surface area contributed by atoms with Gasteiger partial charge in [-0.05, 0) is 17.6 Å². The summed E-state index contributed by atoms with van der Waals surface area (Å²) in [5, 5.41) is 82.8. The Kier molecular flexibility index (Phi) is 26.9. The van der Waals surface area contributed by atoms with Gasteiger partial charge in [-0.25, -0.2) is 14.8 Å². The van der Waals surface area contributed by atoms with E-state index in [2.05, 4.69) is 85.4 Å². The SMILES string of the molecule is [C-]#[N+]c1c(SC)nn(-c2c[c-]cc(C(=O)[O-])c2)c1N=Nc1c(C(C)(C)C)nn(-c2nc([O-])nc(-n3nc(C(C)(C)C)c(N=Nc4c(C#N)c(CS)nn4-c4c[c-]cc(C(=O)[O-])c4)c3N)n2)c1N.[K+].[K+].[K+].[K+].[K+]. The van der Waals surface area contributed by atoms with Crippen LogP contribution in [-0.2, 0) is 16.6 Å². The summed E-state index contributed by atoms with van der Waals surface area (Å²) in [7, 11) is 0. The van der Waals surface area contributed by atoms with Crippen LogP contribution in [0, 0.1) is 30.0 Å². The zero-order valence-electron chi connectivity index (χ0n) is 41.3. The topological polar surface area (TPSA) is 343 Å². The zero-order chi connectivity index (χ0) is 48.7. The van der Waals surface area contributed by atoms with E-state index >= 15 is 0 Å². The van der Waals surface area contributed by atoms with Gasteiger partial charge in [-0.1, -0.05) is 41.5 Å². The number of nitrogens with two attached hydrogens (primary N) is 2. The van der Waals surface area contributed by atoms with Gasteiger partial charge in [0, 0.05) is 28.5 Å². The van der Waals surface area contributed by atoms with E-state index in [4.69, 9.17) is 18.0 Å².